The lowest BCUT2D eigenvalue weighted by Gasteiger charge is -2.36. The van der Waals surface area contributed by atoms with E-state index in [1.54, 1.807) is 14.2 Å². The van der Waals surface area contributed by atoms with E-state index in [0.29, 0.717) is 42.6 Å². The van der Waals surface area contributed by atoms with Gasteiger partial charge >= 0.3 is 5.91 Å². The molecule has 1 amide bonds. The summed E-state index contributed by atoms with van der Waals surface area (Å²) in [5.74, 6) is 0.788. The minimum atomic E-state index is -0.144. The summed E-state index contributed by atoms with van der Waals surface area (Å²) in [7, 11) is 3.38. The molecule has 2 aliphatic rings. The number of carbonyl (C=O) groups excluding carboxylic acids is 1. The van der Waals surface area contributed by atoms with Crippen LogP contribution in [0.2, 0.25) is 0 Å². The summed E-state index contributed by atoms with van der Waals surface area (Å²) in [6.07, 6.45) is 3.72. The minimum absolute atomic E-state index is 0.0303. The SMILES string of the molecule is COCc1cn([C@@H]2C[C@@H]3CN(C(=O)c4nc5ccccc5o4)C[C@@H]3C[C@H]2OC)nn1. The Morgan fingerprint density at radius 3 is 2.77 bits per heavy atom. The predicted octanol–water partition coefficient (Wildman–Crippen LogP) is 2.30. The standard InChI is InChI=1S/C21H25N5O4/c1-28-12-15-11-26(24-23-15)17-7-13-9-25(10-14(13)8-19(17)29-2)21(27)20-22-16-5-3-4-6-18(16)30-20/h3-6,11,13-14,17,19H,7-10,12H2,1-2H3/t13-,14+,17-,19-/m1/s1. The lowest BCUT2D eigenvalue weighted by Crippen LogP contribution is -2.37. The average molecular weight is 411 g/mol. The van der Waals surface area contributed by atoms with E-state index in [-0.39, 0.29) is 23.9 Å². The summed E-state index contributed by atoms with van der Waals surface area (Å²) in [5.41, 5.74) is 2.14. The van der Waals surface area contributed by atoms with Crippen molar-refractivity contribution in [2.45, 2.75) is 31.6 Å². The number of ether oxygens (including phenoxy) is 2. The Labute approximate surface area is 173 Å². The Morgan fingerprint density at radius 2 is 2.00 bits per heavy atom. The van der Waals surface area contributed by atoms with Crippen LogP contribution in [0.1, 0.15) is 35.3 Å². The van der Waals surface area contributed by atoms with Crippen LogP contribution < -0.4 is 0 Å². The summed E-state index contributed by atoms with van der Waals surface area (Å²) >= 11 is 0. The number of carbonyl (C=O) groups is 1. The van der Waals surface area contributed by atoms with Gasteiger partial charge in [-0.05, 0) is 36.8 Å². The highest BCUT2D eigenvalue weighted by atomic mass is 16.5. The molecule has 2 fully saturated rings. The Hall–Kier alpha value is -2.78. The molecule has 1 aliphatic carbocycles. The van der Waals surface area contributed by atoms with Crippen LogP contribution >= 0.6 is 0 Å². The zero-order valence-corrected chi connectivity index (χ0v) is 17.1. The van der Waals surface area contributed by atoms with Crippen molar-refractivity contribution < 1.29 is 18.7 Å². The van der Waals surface area contributed by atoms with Gasteiger partial charge in [-0.15, -0.1) is 5.10 Å². The van der Waals surface area contributed by atoms with E-state index in [1.165, 1.54) is 0 Å². The molecule has 2 aromatic heterocycles. The number of likely N-dealkylation sites (tertiary alicyclic amines) is 1. The van der Waals surface area contributed by atoms with Gasteiger partial charge in [0.25, 0.3) is 5.89 Å². The summed E-state index contributed by atoms with van der Waals surface area (Å²) in [5, 5.41) is 8.48. The molecule has 1 saturated carbocycles. The zero-order chi connectivity index (χ0) is 20.7. The number of hydrogen-bond acceptors (Lipinski definition) is 7. The Bertz CT molecular complexity index is 1010. The monoisotopic (exact) mass is 411 g/mol. The molecule has 3 aromatic rings. The van der Waals surface area contributed by atoms with E-state index in [9.17, 15) is 4.79 Å². The number of hydrogen-bond donors (Lipinski definition) is 0. The molecule has 0 N–H and O–H groups in total. The third-order valence-electron chi connectivity index (χ3n) is 6.34. The van der Waals surface area contributed by atoms with Crippen molar-refractivity contribution in [1.29, 1.82) is 0 Å². The van der Waals surface area contributed by atoms with E-state index < -0.39 is 0 Å². The van der Waals surface area contributed by atoms with Gasteiger partial charge in [-0.1, -0.05) is 17.3 Å². The fourth-order valence-corrected chi connectivity index (χ4v) is 4.88. The number of benzene rings is 1. The van der Waals surface area contributed by atoms with Crippen molar-refractivity contribution in [1.82, 2.24) is 24.9 Å². The lowest BCUT2D eigenvalue weighted by molar-refractivity contribution is -0.00548. The molecule has 1 aliphatic heterocycles. The van der Waals surface area contributed by atoms with Gasteiger partial charge in [0.1, 0.15) is 11.2 Å². The van der Waals surface area contributed by atoms with Crippen LogP contribution in [0.15, 0.2) is 34.9 Å². The maximum absolute atomic E-state index is 13.0. The molecule has 9 heteroatoms. The first kappa shape index (κ1) is 19.2. The van der Waals surface area contributed by atoms with Crippen LogP contribution in [-0.4, -0.2) is 64.2 Å². The highest BCUT2D eigenvalue weighted by Crippen LogP contribution is 2.42. The maximum Gasteiger partial charge on any atom is 0.309 e. The quantitative estimate of drug-likeness (QED) is 0.636. The number of aromatic nitrogens is 4. The van der Waals surface area contributed by atoms with E-state index in [4.69, 9.17) is 13.9 Å². The Balaban J connectivity index is 1.32. The molecule has 9 nitrogen and oxygen atoms in total. The van der Waals surface area contributed by atoms with Crippen LogP contribution in [0.25, 0.3) is 11.1 Å². The van der Waals surface area contributed by atoms with E-state index >= 15 is 0 Å². The van der Waals surface area contributed by atoms with Crippen LogP contribution in [0.4, 0.5) is 0 Å². The number of amides is 1. The summed E-state index contributed by atoms with van der Waals surface area (Å²) in [4.78, 5) is 19.3. The molecular weight excluding hydrogens is 386 g/mol. The molecule has 0 spiro atoms. The van der Waals surface area contributed by atoms with Crippen molar-refractivity contribution in [3.05, 3.63) is 42.0 Å². The number of rotatable bonds is 5. The average Bonchev–Trinajstić information content (AvgIpc) is 3.49. The number of fused-ring (bicyclic) bond motifs is 2. The lowest BCUT2D eigenvalue weighted by atomic mass is 9.77. The molecule has 1 saturated heterocycles. The van der Waals surface area contributed by atoms with Gasteiger partial charge in [0.2, 0.25) is 0 Å². The fourth-order valence-electron chi connectivity index (χ4n) is 4.88. The molecule has 1 aromatic carbocycles. The van der Waals surface area contributed by atoms with Crippen molar-refractivity contribution in [3.63, 3.8) is 0 Å². The van der Waals surface area contributed by atoms with Crippen LogP contribution in [-0.2, 0) is 16.1 Å². The molecule has 0 radical (unpaired) electrons. The van der Waals surface area contributed by atoms with Gasteiger partial charge in [-0.3, -0.25) is 4.79 Å². The second kappa shape index (κ2) is 7.81. The third-order valence-corrected chi connectivity index (χ3v) is 6.34. The maximum atomic E-state index is 13.0. The molecule has 0 unspecified atom stereocenters. The smallest absolute Gasteiger partial charge is 0.309 e. The normalized spacial score (nSPS) is 26.3. The molecule has 3 heterocycles. The molecule has 5 rings (SSSR count). The topological polar surface area (TPSA) is 95.5 Å². The van der Waals surface area contributed by atoms with Crippen molar-refractivity contribution in [2.75, 3.05) is 27.3 Å². The predicted molar refractivity (Wildman–Crippen MR) is 107 cm³/mol. The van der Waals surface area contributed by atoms with Gasteiger partial charge in [-0.2, -0.15) is 0 Å². The first-order valence-electron chi connectivity index (χ1n) is 10.2. The van der Waals surface area contributed by atoms with Crippen molar-refractivity contribution in [2.24, 2.45) is 11.8 Å². The molecule has 158 valence electrons. The largest absolute Gasteiger partial charge is 0.432 e. The molecule has 0 bridgehead atoms. The summed E-state index contributed by atoms with van der Waals surface area (Å²) < 4.78 is 18.5. The molecular formula is C21H25N5O4. The highest BCUT2D eigenvalue weighted by Gasteiger charge is 2.45. The highest BCUT2D eigenvalue weighted by molar-refractivity contribution is 5.92. The van der Waals surface area contributed by atoms with Gasteiger partial charge in [0.15, 0.2) is 5.58 Å². The number of methoxy groups -OCH3 is 2. The third kappa shape index (κ3) is 3.37. The van der Waals surface area contributed by atoms with Crippen LogP contribution in [0, 0.1) is 11.8 Å². The van der Waals surface area contributed by atoms with Crippen LogP contribution in [0.3, 0.4) is 0 Å². The van der Waals surface area contributed by atoms with Crippen LogP contribution in [0.5, 0.6) is 0 Å². The number of oxazole rings is 1. The second-order valence-electron chi connectivity index (χ2n) is 8.15. The minimum Gasteiger partial charge on any atom is -0.432 e. The van der Waals surface area contributed by atoms with E-state index in [2.05, 4.69) is 15.3 Å². The summed E-state index contributed by atoms with van der Waals surface area (Å²) in [6, 6.07) is 7.53. The first-order valence-corrected chi connectivity index (χ1v) is 10.2. The number of nitrogens with zero attached hydrogens (tertiary/aromatic N) is 5. The molecule has 30 heavy (non-hydrogen) atoms. The van der Waals surface area contributed by atoms with Gasteiger partial charge in [0, 0.05) is 27.3 Å². The van der Waals surface area contributed by atoms with Crippen molar-refractivity contribution in [3.8, 4) is 0 Å². The first-order chi connectivity index (χ1) is 14.7. The van der Waals surface area contributed by atoms with E-state index in [0.717, 1.165) is 18.5 Å². The number of para-hydroxylation sites is 2. The Morgan fingerprint density at radius 1 is 1.20 bits per heavy atom. The summed E-state index contributed by atoms with van der Waals surface area (Å²) in [6.45, 7) is 1.82. The van der Waals surface area contributed by atoms with Gasteiger partial charge in [-0.25, -0.2) is 9.67 Å². The zero-order valence-electron chi connectivity index (χ0n) is 17.1. The van der Waals surface area contributed by atoms with E-state index in [1.807, 2.05) is 40.0 Å². The van der Waals surface area contributed by atoms with Gasteiger partial charge < -0.3 is 18.8 Å². The second-order valence-corrected chi connectivity index (χ2v) is 8.15. The molecule has 4 atom stereocenters. The fraction of sp³-hybridized carbons (Fsp3) is 0.524. The van der Waals surface area contributed by atoms with Gasteiger partial charge in [0.05, 0.1) is 24.9 Å². The van der Waals surface area contributed by atoms with Crippen molar-refractivity contribution >= 4 is 17.0 Å². The Kier molecular flexibility index (Phi) is 5.00.